The second-order valence-corrected chi connectivity index (χ2v) is 4.96. The highest BCUT2D eigenvalue weighted by Gasteiger charge is 2.16. The Kier molecular flexibility index (Phi) is 4.40. The van der Waals surface area contributed by atoms with Gasteiger partial charge < -0.3 is 10.6 Å². The molecule has 2 rings (SSSR count). The average molecular weight is 222 g/mol. The molecule has 0 radical (unpaired) electrons. The van der Waals surface area contributed by atoms with Gasteiger partial charge in [0.25, 0.3) is 0 Å². The van der Waals surface area contributed by atoms with Gasteiger partial charge in [0.1, 0.15) is 0 Å². The first kappa shape index (κ1) is 11.6. The highest BCUT2D eigenvalue weighted by molar-refractivity contribution is 5.76. The van der Waals surface area contributed by atoms with Crippen molar-refractivity contribution in [3.63, 3.8) is 0 Å². The molecule has 1 heterocycles. The third-order valence-electron chi connectivity index (χ3n) is 3.55. The lowest BCUT2D eigenvalue weighted by atomic mass is 9.94. The number of hydrogen-bond donors (Lipinski definition) is 2. The van der Waals surface area contributed by atoms with Gasteiger partial charge >= 0.3 is 0 Å². The van der Waals surface area contributed by atoms with Gasteiger partial charge in [-0.05, 0) is 51.1 Å². The molecular formula is C13H22N2O. The Morgan fingerprint density at radius 2 is 2.19 bits per heavy atom. The molecule has 0 aromatic heterocycles. The molecule has 1 saturated heterocycles. The van der Waals surface area contributed by atoms with Crippen LogP contribution in [0.15, 0.2) is 12.2 Å². The van der Waals surface area contributed by atoms with E-state index >= 15 is 0 Å². The molecule has 0 aromatic rings. The van der Waals surface area contributed by atoms with Gasteiger partial charge in [-0.3, -0.25) is 4.79 Å². The fourth-order valence-electron chi connectivity index (χ4n) is 2.54. The quantitative estimate of drug-likeness (QED) is 0.709. The molecule has 3 heteroatoms. The smallest absolute Gasteiger partial charge is 0.220 e. The summed E-state index contributed by atoms with van der Waals surface area (Å²) in [4.78, 5) is 11.7. The maximum Gasteiger partial charge on any atom is 0.220 e. The number of amides is 1. The summed E-state index contributed by atoms with van der Waals surface area (Å²) in [7, 11) is 0. The van der Waals surface area contributed by atoms with Crippen molar-refractivity contribution in [3.05, 3.63) is 12.2 Å². The van der Waals surface area contributed by atoms with Crippen LogP contribution in [0.1, 0.15) is 38.5 Å². The Morgan fingerprint density at radius 3 is 2.88 bits per heavy atom. The van der Waals surface area contributed by atoms with Crippen LogP contribution in [0, 0.1) is 5.92 Å². The summed E-state index contributed by atoms with van der Waals surface area (Å²) >= 11 is 0. The average Bonchev–Trinajstić information content (AvgIpc) is 2.81. The normalized spacial score (nSPS) is 25.9. The standard InChI is InChI=1S/C13H22N2O/c16-13(15-12-5-1-2-6-12)8-7-11-4-3-9-14-10-11/h1-2,11-12,14H,3-10H2,(H,15,16). The molecule has 1 aliphatic heterocycles. The zero-order chi connectivity index (χ0) is 11.2. The lowest BCUT2D eigenvalue weighted by molar-refractivity contribution is -0.122. The third kappa shape index (κ3) is 3.63. The zero-order valence-electron chi connectivity index (χ0n) is 9.87. The van der Waals surface area contributed by atoms with E-state index in [9.17, 15) is 4.79 Å². The predicted octanol–water partition coefficient (Wildman–Crippen LogP) is 1.60. The Labute approximate surface area is 97.7 Å². The summed E-state index contributed by atoms with van der Waals surface area (Å²) in [6, 6.07) is 0.372. The highest BCUT2D eigenvalue weighted by atomic mass is 16.1. The molecule has 1 unspecified atom stereocenters. The van der Waals surface area contributed by atoms with Crippen LogP contribution < -0.4 is 10.6 Å². The molecule has 2 aliphatic rings. The van der Waals surface area contributed by atoms with E-state index in [1.54, 1.807) is 0 Å². The van der Waals surface area contributed by atoms with E-state index in [2.05, 4.69) is 22.8 Å². The largest absolute Gasteiger partial charge is 0.353 e. The third-order valence-corrected chi connectivity index (χ3v) is 3.55. The van der Waals surface area contributed by atoms with Crippen LogP contribution in [-0.4, -0.2) is 25.0 Å². The number of nitrogens with one attached hydrogen (secondary N) is 2. The molecule has 0 saturated carbocycles. The Balaban J connectivity index is 1.59. The van der Waals surface area contributed by atoms with E-state index in [4.69, 9.17) is 0 Å². The van der Waals surface area contributed by atoms with Crippen molar-refractivity contribution in [1.29, 1.82) is 0 Å². The maximum absolute atomic E-state index is 11.7. The van der Waals surface area contributed by atoms with E-state index in [0.717, 1.165) is 32.4 Å². The minimum Gasteiger partial charge on any atom is -0.353 e. The minimum absolute atomic E-state index is 0.235. The van der Waals surface area contributed by atoms with Crippen LogP contribution in [0.3, 0.4) is 0 Å². The van der Waals surface area contributed by atoms with Crippen LogP contribution in [0.4, 0.5) is 0 Å². The number of carbonyl (C=O) groups is 1. The van der Waals surface area contributed by atoms with Crippen LogP contribution >= 0.6 is 0 Å². The molecule has 3 nitrogen and oxygen atoms in total. The molecule has 1 fully saturated rings. The molecule has 0 aromatic carbocycles. The lowest BCUT2D eigenvalue weighted by Gasteiger charge is -2.22. The van der Waals surface area contributed by atoms with Crippen molar-refractivity contribution >= 4 is 5.91 Å². The summed E-state index contributed by atoms with van der Waals surface area (Å²) < 4.78 is 0. The van der Waals surface area contributed by atoms with Crippen LogP contribution in [0.5, 0.6) is 0 Å². The van der Waals surface area contributed by atoms with Crippen molar-refractivity contribution in [3.8, 4) is 0 Å². The van der Waals surface area contributed by atoms with E-state index < -0.39 is 0 Å². The second kappa shape index (κ2) is 6.04. The van der Waals surface area contributed by atoms with Gasteiger partial charge in [-0.2, -0.15) is 0 Å². The molecule has 1 amide bonds. The summed E-state index contributed by atoms with van der Waals surface area (Å²) in [5.41, 5.74) is 0. The van der Waals surface area contributed by atoms with Gasteiger partial charge in [-0.15, -0.1) is 0 Å². The first-order chi connectivity index (χ1) is 7.84. The molecular weight excluding hydrogens is 200 g/mol. The zero-order valence-corrected chi connectivity index (χ0v) is 9.87. The second-order valence-electron chi connectivity index (χ2n) is 4.96. The van der Waals surface area contributed by atoms with E-state index in [-0.39, 0.29) is 5.91 Å². The van der Waals surface area contributed by atoms with Crippen LogP contribution in [0.2, 0.25) is 0 Å². The van der Waals surface area contributed by atoms with E-state index in [0.29, 0.717) is 18.4 Å². The van der Waals surface area contributed by atoms with Crippen molar-refractivity contribution < 1.29 is 4.79 Å². The van der Waals surface area contributed by atoms with Crippen molar-refractivity contribution in [1.82, 2.24) is 10.6 Å². The van der Waals surface area contributed by atoms with Gasteiger partial charge in [0.05, 0.1) is 0 Å². The number of rotatable bonds is 4. The molecule has 1 aliphatic carbocycles. The van der Waals surface area contributed by atoms with Crippen molar-refractivity contribution in [2.24, 2.45) is 5.92 Å². The van der Waals surface area contributed by atoms with Crippen molar-refractivity contribution in [2.75, 3.05) is 13.1 Å². The topological polar surface area (TPSA) is 41.1 Å². The van der Waals surface area contributed by atoms with Crippen molar-refractivity contribution in [2.45, 2.75) is 44.6 Å². The summed E-state index contributed by atoms with van der Waals surface area (Å²) in [5, 5.41) is 6.49. The van der Waals surface area contributed by atoms with Gasteiger partial charge in [0.2, 0.25) is 5.91 Å². The van der Waals surface area contributed by atoms with Crippen LogP contribution in [-0.2, 0) is 4.79 Å². The van der Waals surface area contributed by atoms with Gasteiger partial charge in [0.15, 0.2) is 0 Å². The van der Waals surface area contributed by atoms with Crippen LogP contribution in [0.25, 0.3) is 0 Å². The van der Waals surface area contributed by atoms with Gasteiger partial charge in [-0.25, -0.2) is 0 Å². The number of carbonyl (C=O) groups excluding carboxylic acids is 1. The fraction of sp³-hybridized carbons (Fsp3) is 0.769. The molecule has 90 valence electrons. The van der Waals surface area contributed by atoms with Gasteiger partial charge in [0, 0.05) is 12.5 Å². The molecule has 0 bridgehead atoms. The SMILES string of the molecule is O=C(CCC1CCCNC1)NC1CC=CC1. The Morgan fingerprint density at radius 1 is 1.38 bits per heavy atom. The monoisotopic (exact) mass is 222 g/mol. The predicted molar refractivity (Wildman–Crippen MR) is 65.1 cm³/mol. The highest BCUT2D eigenvalue weighted by Crippen LogP contribution is 2.16. The lowest BCUT2D eigenvalue weighted by Crippen LogP contribution is -2.34. The minimum atomic E-state index is 0.235. The van der Waals surface area contributed by atoms with E-state index in [1.807, 2.05) is 0 Å². The summed E-state index contributed by atoms with van der Waals surface area (Å²) in [6.07, 6.45) is 10.6. The van der Waals surface area contributed by atoms with Gasteiger partial charge in [-0.1, -0.05) is 12.2 Å². The first-order valence-electron chi connectivity index (χ1n) is 6.49. The molecule has 1 atom stereocenters. The molecule has 16 heavy (non-hydrogen) atoms. The Bertz CT molecular complexity index is 249. The fourth-order valence-corrected chi connectivity index (χ4v) is 2.54. The molecule has 0 spiro atoms. The maximum atomic E-state index is 11.7. The summed E-state index contributed by atoms with van der Waals surface area (Å²) in [6.45, 7) is 2.24. The Hall–Kier alpha value is -0.830. The number of piperidine rings is 1. The first-order valence-corrected chi connectivity index (χ1v) is 6.49. The summed E-state index contributed by atoms with van der Waals surface area (Å²) in [5.74, 6) is 0.945. The number of hydrogen-bond acceptors (Lipinski definition) is 2. The van der Waals surface area contributed by atoms with E-state index in [1.165, 1.54) is 12.8 Å². The molecule has 2 N–H and O–H groups in total.